The standard InChI is InChI=1S/C28H33NO7/c1-17(2)36-24-11-8-20(15-25(24)34-4)22(16-26(32)35-5)27-23(31)14-18(3)29(28(27)33)13-12-19-6-9-21(30)10-7-19/h6-11,14-15,17,22,30-31H,12-13,16H2,1-5H3/t22-/m0/s1. The topological polar surface area (TPSA) is 107 Å². The SMILES string of the molecule is COC(=O)C[C@@H](c1ccc(OC(C)C)c(OC)c1)c1c(O)cc(C)n(CCc2ccc(O)cc2)c1=O. The van der Waals surface area contributed by atoms with E-state index in [-0.39, 0.29) is 35.1 Å². The van der Waals surface area contributed by atoms with E-state index in [0.29, 0.717) is 35.7 Å². The number of esters is 1. The fourth-order valence-corrected chi connectivity index (χ4v) is 4.17. The van der Waals surface area contributed by atoms with E-state index >= 15 is 0 Å². The number of carbonyl (C=O) groups is 1. The molecule has 1 atom stereocenters. The maximum atomic E-state index is 13.7. The van der Waals surface area contributed by atoms with E-state index in [9.17, 15) is 19.8 Å². The molecule has 0 radical (unpaired) electrons. The van der Waals surface area contributed by atoms with Crippen LogP contribution in [0.3, 0.4) is 0 Å². The lowest BCUT2D eigenvalue weighted by Gasteiger charge is -2.22. The van der Waals surface area contributed by atoms with Crippen LogP contribution in [-0.4, -0.2) is 41.1 Å². The van der Waals surface area contributed by atoms with Gasteiger partial charge in [-0.1, -0.05) is 18.2 Å². The van der Waals surface area contributed by atoms with Crippen molar-refractivity contribution in [1.29, 1.82) is 0 Å². The number of rotatable bonds is 10. The average molecular weight is 496 g/mol. The number of pyridine rings is 1. The largest absolute Gasteiger partial charge is 0.508 e. The fraction of sp³-hybridized carbons (Fsp3) is 0.357. The van der Waals surface area contributed by atoms with Crippen LogP contribution in [0.4, 0.5) is 0 Å². The van der Waals surface area contributed by atoms with Crippen LogP contribution in [0.25, 0.3) is 0 Å². The van der Waals surface area contributed by atoms with Crippen LogP contribution in [0, 0.1) is 6.92 Å². The minimum absolute atomic E-state index is 0.0717. The van der Waals surface area contributed by atoms with Crippen molar-refractivity contribution < 1.29 is 29.2 Å². The summed E-state index contributed by atoms with van der Waals surface area (Å²) in [4.78, 5) is 26.1. The lowest BCUT2D eigenvalue weighted by Crippen LogP contribution is -2.29. The number of benzene rings is 2. The Morgan fingerprint density at radius 2 is 1.69 bits per heavy atom. The van der Waals surface area contributed by atoms with Gasteiger partial charge in [-0.3, -0.25) is 9.59 Å². The summed E-state index contributed by atoms with van der Waals surface area (Å²) in [7, 11) is 2.80. The van der Waals surface area contributed by atoms with Gasteiger partial charge in [-0.25, -0.2) is 0 Å². The zero-order chi connectivity index (χ0) is 26.4. The van der Waals surface area contributed by atoms with E-state index in [0.717, 1.165) is 5.56 Å². The minimum Gasteiger partial charge on any atom is -0.508 e. The van der Waals surface area contributed by atoms with E-state index in [4.69, 9.17) is 14.2 Å². The number of carbonyl (C=O) groups excluding carboxylic acids is 1. The molecule has 0 unspecified atom stereocenters. The van der Waals surface area contributed by atoms with Crippen molar-refractivity contribution in [1.82, 2.24) is 4.57 Å². The second-order valence-electron chi connectivity index (χ2n) is 8.87. The number of aromatic hydroxyl groups is 2. The summed E-state index contributed by atoms with van der Waals surface area (Å²) in [6.07, 6.45) is 0.327. The molecule has 8 heteroatoms. The first kappa shape index (κ1) is 26.7. The number of phenolic OH excluding ortho intramolecular Hbond substituents is 1. The molecule has 0 aliphatic rings. The molecule has 3 rings (SSSR count). The van der Waals surface area contributed by atoms with Gasteiger partial charge in [0.05, 0.1) is 32.3 Å². The molecular formula is C28H33NO7. The fourth-order valence-electron chi connectivity index (χ4n) is 4.17. The molecule has 1 aromatic heterocycles. The van der Waals surface area contributed by atoms with E-state index in [1.807, 2.05) is 13.8 Å². The molecule has 0 aliphatic carbocycles. The quantitative estimate of drug-likeness (QED) is 0.404. The van der Waals surface area contributed by atoms with Gasteiger partial charge in [0.15, 0.2) is 11.5 Å². The first-order valence-electron chi connectivity index (χ1n) is 11.8. The van der Waals surface area contributed by atoms with Gasteiger partial charge in [-0.15, -0.1) is 0 Å². The zero-order valence-corrected chi connectivity index (χ0v) is 21.3. The van der Waals surface area contributed by atoms with E-state index in [2.05, 4.69) is 0 Å². The molecule has 0 bridgehead atoms. The molecule has 0 fully saturated rings. The Kier molecular flexibility index (Phi) is 8.64. The van der Waals surface area contributed by atoms with Gasteiger partial charge in [0.25, 0.3) is 5.56 Å². The molecule has 0 amide bonds. The van der Waals surface area contributed by atoms with Crippen LogP contribution >= 0.6 is 0 Å². The maximum absolute atomic E-state index is 13.7. The molecular weight excluding hydrogens is 462 g/mol. The summed E-state index contributed by atoms with van der Waals surface area (Å²) >= 11 is 0. The lowest BCUT2D eigenvalue weighted by molar-refractivity contribution is -0.140. The lowest BCUT2D eigenvalue weighted by atomic mass is 9.88. The highest BCUT2D eigenvalue weighted by molar-refractivity contribution is 5.71. The van der Waals surface area contributed by atoms with Gasteiger partial charge in [0.2, 0.25) is 0 Å². The van der Waals surface area contributed by atoms with E-state index in [1.54, 1.807) is 54.0 Å². The Morgan fingerprint density at radius 3 is 2.31 bits per heavy atom. The van der Waals surface area contributed by atoms with Gasteiger partial charge in [0.1, 0.15) is 11.5 Å². The van der Waals surface area contributed by atoms with Crippen molar-refractivity contribution >= 4 is 5.97 Å². The van der Waals surface area contributed by atoms with Gasteiger partial charge < -0.3 is 29.0 Å². The molecule has 0 saturated heterocycles. The maximum Gasteiger partial charge on any atom is 0.306 e. The van der Waals surface area contributed by atoms with Crippen LogP contribution in [0.1, 0.15) is 48.6 Å². The first-order chi connectivity index (χ1) is 17.1. The van der Waals surface area contributed by atoms with E-state index < -0.39 is 11.9 Å². The Labute approximate surface area is 210 Å². The summed E-state index contributed by atoms with van der Waals surface area (Å²) in [6, 6.07) is 13.5. The molecule has 1 heterocycles. The third-order valence-electron chi connectivity index (χ3n) is 5.98. The van der Waals surface area contributed by atoms with Crippen molar-refractivity contribution in [3.63, 3.8) is 0 Å². The molecule has 192 valence electrons. The van der Waals surface area contributed by atoms with Gasteiger partial charge in [-0.05, 0) is 68.7 Å². The number of hydrogen-bond donors (Lipinski definition) is 2. The first-order valence-corrected chi connectivity index (χ1v) is 11.8. The highest BCUT2D eigenvalue weighted by Crippen LogP contribution is 2.37. The highest BCUT2D eigenvalue weighted by atomic mass is 16.5. The summed E-state index contributed by atoms with van der Waals surface area (Å²) < 4.78 is 17.8. The minimum atomic E-state index is -0.771. The highest BCUT2D eigenvalue weighted by Gasteiger charge is 2.27. The third-order valence-corrected chi connectivity index (χ3v) is 5.98. The Bertz CT molecular complexity index is 1260. The van der Waals surface area contributed by atoms with Crippen LogP contribution in [0.15, 0.2) is 53.3 Å². The van der Waals surface area contributed by atoms with Crippen molar-refractivity contribution in [2.24, 2.45) is 0 Å². The summed E-state index contributed by atoms with van der Waals surface area (Å²) in [5.41, 5.74) is 1.87. The molecule has 3 aromatic rings. The molecule has 8 nitrogen and oxygen atoms in total. The van der Waals surface area contributed by atoms with Crippen LogP contribution in [0.2, 0.25) is 0 Å². The van der Waals surface area contributed by atoms with Crippen molar-refractivity contribution in [3.05, 3.63) is 81.3 Å². The number of methoxy groups -OCH3 is 2. The predicted octanol–water partition coefficient (Wildman–Crippen LogP) is 4.30. The predicted molar refractivity (Wildman–Crippen MR) is 136 cm³/mol. The monoisotopic (exact) mass is 495 g/mol. The van der Waals surface area contributed by atoms with Crippen LogP contribution in [-0.2, 0) is 22.5 Å². The number of ether oxygens (including phenoxy) is 3. The smallest absolute Gasteiger partial charge is 0.306 e. The van der Waals surface area contributed by atoms with Crippen molar-refractivity contribution in [2.75, 3.05) is 14.2 Å². The Hall–Kier alpha value is -3.94. The van der Waals surface area contributed by atoms with Gasteiger partial charge >= 0.3 is 5.97 Å². The number of aryl methyl sites for hydroxylation is 2. The molecule has 0 aliphatic heterocycles. The van der Waals surface area contributed by atoms with Gasteiger partial charge in [0, 0.05) is 18.2 Å². The normalized spacial score (nSPS) is 11.8. The molecule has 2 aromatic carbocycles. The Balaban J connectivity index is 2.07. The molecule has 0 saturated carbocycles. The van der Waals surface area contributed by atoms with Gasteiger partial charge in [-0.2, -0.15) is 0 Å². The number of hydrogen-bond acceptors (Lipinski definition) is 7. The summed E-state index contributed by atoms with van der Waals surface area (Å²) in [5.74, 6) is -0.314. The second kappa shape index (κ2) is 11.7. The van der Waals surface area contributed by atoms with E-state index in [1.165, 1.54) is 20.3 Å². The van der Waals surface area contributed by atoms with Crippen molar-refractivity contribution in [2.45, 2.75) is 52.2 Å². The Morgan fingerprint density at radius 1 is 1.00 bits per heavy atom. The zero-order valence-electron chi connectivity index (χ0n) is 21.3. The molecule has 0 spiro atoms. The van der Waals surface area contributed by atoms with Crippen LogP contribution in [0.5, 0.6) is 23.0 Å². The molecule has 2 N–H and O–H groups in total. The third kappa shape index (κ3) is 6.19. The van der Waals surface area contributed by atoms with Crippen molar-refractivity contribution in [3.8, 4) is 23.0 Å². The summed E-state index contributed by atoms with van der Waals surface area (Å²) in [5, 5.41) is 20.4. The summed E-state index contributed by atoms with van der Waals surface area (Å²) in [6.45, 7) is 5.91. The average Bonchev–Trinajstić information content (AvgIpc) is 2.84. The molecule has 36 heavy (non-hydrogen) atoms. The number of phenols is 1. The number of aromatic nitrogens is 1. The second-order valence-corrected chi connectivity index (χ2v) is 8.87. The van der Waals surface area contributed by atoms with Crippen LogP contribution < -0.4 is 15.0 Å². The number of nitrogens with zero attached hydrogens (tertiary/aromatic N) is 1.